The van der Waals surface area contributed by atoms with Gasteiger partial charge < -0.3 is 29.2 Å². The van der Waals surface area contributed by atoms with Crippen molar-refractivity contribution < 1.29 is 29.2 Å². The Kier molecular flexibility index (Phi) is 20.9. The molecule has 1 aromatic carbocycles. The molecule has 2 N–H and O–H groups in total. The third-order valence-corrected chi connectivity index (χ3v) is 3.23. The van der Waals surface area contributed by atoms with Crippen molar-refractivity contribution in [2.24, 2.45) is 0 Å². The summed E-state index contributed by atoms with van der Waals surface area (Å²) in [5.74, 6) is 0.985. The van der Waals surface area contributed by atoms with Crippen LogP contribution in [0.15, 0.2) is 30.3 Å². The zero-order valence-corrected chi connectivity index (χ0v) is 16.1. The van der Waals surface area contributed by atoms with Gasteiger partial charge in [0, 0.05) is 0 Å². The predicted octanol–water partition coefficient (Wildman–Crippen LogP) is 2.67. The van der Waals surface area contributed by atoms with Crippen LogP contribution in [-0.2, 0) is 14.2 Å². The summed E-state index contributed by atoms with van der Waals surface area (Å²) in [6.45, 7) is 5.84. The summed E-state index contributed by atoms with van der Waals surface area (Å²) in [6.07, 6.45) is 5.05. The molecule has 0 heterocycles. The molecule has 6 heteroatoms. The first-order valence-corrected chi connectivity index (χ1v) is 9.48. The molecule has 0 aliphatic heterocycles. The maximum absolute atomic E-state index is 8.36. The van der Waals surface area contributed by atoms with Crippen LogP contribution in [0.5, 0.6) is 5.75 Å². The molecule has 0 saturated carbocycles. The zero-order valence-electron chi connectivity index (χ0n) is 16.1. The number of aliphatic hydroxyl groups is 2. The van der Waals surface area contributed by atoms with Crippen LogP contribution in [0.25, 0.3) is 0 Å². The third kappa shape index (κ3) is 19.1. The lowest BCUT2D eigenvalue weighted by Gasteiger charge is -2.04. The first-order valence-electron chi connectivity index (χ1n) is 9.48. The fourth-order valence-corrected chi connectivity index (χ4v) is 1.91. The highest BCUT2D eigenvalue weighted by atomic mass is 16.5. The van der Waals surface area contributed by atoms with E-state index in [1.54, 1.807) is 0 Å². The van der Waals surface area contributed by atoms with Gasteiger partial charge in [0.25, 0.3) is 0 Å². The maximum Gasteiger partial charge on any atom is 0.119 e. The minimum absolute atomic E-state index is 0.0413. The van der Waals surface area contributed by atoms with Crippen LogP contribution in [0.2, 0.25) is 0 Å². The van der Waals surface area contributed by atoms with Crippen molar-refractivity contribution in [1.29, 1.82) is 0 Å². The molecule has 0 aliphatic rings. The van der Waals surface area contributed by atoms with Crippen LogP contribution in [0.4, 0.5) is 0 Å². The van der Waals surface area contributed by atoms with Gasteiger partial charge in [-0.1, -0.05) is 44.4 Å². The van der Waals surface area contributed by atoms with Crippen LogP contribution >= 0.6 is 0 Å². The monoisotopic (exact) mass is 372 g/mol. The van der Waals surface area contributed by atoms with E-state index >= 15 is 0 Å². The van der Waals surface area contributed by atoms with Gasteiger partial charge in [0.1, 0.15) is 5.75 Å². The summed E-state index contributed by atoms with van der Waals surface area (Å²) < 4.78 is 20.6. The number of hydrogen-bond donors (Lipinski definition) is 2. The van der Waals surface area contributed by atoms with E-state index in [1.165, 1.54) is 25.7 Å². The van der Waals surface area contributed by atoms with Crippen molar-refractivity contribution in [2.45, 2.75) is 32.6 Å². The molecule has 0 saturated heterocycles. The second-order valence-electron chi connectivity index (χ2n) is 5.51. The molecule has 0 atom stereocenters. The van der Waals surface area contributed by atoms with E-state index in [0.29, 0.717) is 39.6 Å². The van der Waals surface area contributed by atoms with Gasteiger partial charge in [-0.3, -0.25) is 0 Å². The first-order chi connectivity index (χ1) is 12.8. The summed E-state index contributed by atoms with van der Waals surface area (Å²) in [4.78, 5) is 0. The van der Waals surface area contributed by atoms with E-state index in [4.69, 9.17) is 29.2 Å². The summed E-state index contributed by atoms with van der Waals surface area (Å²) >= 11 is 0. The van der Waals surface area contributed by atoms with Crippen molar-refractivity contribution in [1.82, 2.24) is 0 Å². The molecule has 152 valence electrons. The van der Waals surface area contributed by atoms with E-state index in [2.05, 4.69) is 6.92 Å². The molecule has 1 rings (SSSR count). The van der Waals surface area contributed by atoms with E-state index in [9.17, 15) is 0 Å². The fraction of sp³-hybridized carbons (Fsp3) is 0.700. The summed E-state index contributed by atoms with van der Waals surface area (Å²) in [5.41, 5.74) is 0. The van der Waals surface area contributed by atoms with Gasteiger partial charge in [0.2, 0.25) is 0 Å². The molecule has 0 radical (unpaired) electrons. The van der Waals surface area contributed by atoms with Gasteiger partial charge in [-0.2, -0.15) is 0 Å². The van der Waals surface area contributed by atoms with E-state index in [0.717, 1.165) is 12.4 Å². The largest absolute Gasteiger partial charge is 0.494 e. The zero-order chi connectivity index (χ0) is 19.1. The third-order valence-electron chi connectivity index (χ3n) is 3.23. The standard InChI is InChI=1S/C12H18O.C8H18O5/c1-2-3-4-8-11-13-12-9-6-5-7-10-12;9-1-3-11-5-7-13-8-6-12-4-2-10/h5-7,9-10H,2-4,8,11H2,1H3;9-10H,1-8H2. The van der Waals surface area contributed by atoms with Crippen LogP contribution in [0.3, 0.4) is 0 Å². The average Bonchev–Trinajstić information content (AvgIpc) is 2.68. The molecule has 0 bridgehead atoms. The molecule has 0 amide bonds. The van der Waals surface area contributed by atoms with E-state index in [1.807, 2.05) is 30.3 Å². The topological polar surface area (TPSA) is 77.4 Å². The lowest BCUT2D eigenvalue weighted by Crippen LogP contribution is -2.11. The molecule has 0 aliphatic carbocycles. The number of ether oxygens (including phenoxy) is 4. The van der Waals surface area contributed by atoms with Crippen molar-refractivity contribution in [3.63, 3.8) is 0 Å². The average molecular weight is 373 g/mol. The Bertz CT molecular complexity index is 351. The van der Waals surface area contributed by atoms with Gasteiger partial charge >= 0.3 is 0 Å². The van der Waals surface area contributed by atoms with E-state index in [-0.39, 0.29) is 13.2 Å². The highest BCUT2D eigenvalue weighted by molar-refractivity contribution is 5.20. The Morgan fingerprint density at radius 2 is 1.19 bits per heavy atom. The second-order valence-corrected chi connectivity index (χ2v) is 5.51. The second kappa shape index (κ2) is 21.9. The van der Waals surface area contributed by atoms with Crippen molar-refractivity contribution in [2.75, 3.05) is 59.5 Å². The minimum atomic E-state index is 0.0413. The van der Waals surface area contributed by atoms with Crippen LogP contribution < -0.4 is 4.74 Å². The minimum Gasteiger partial charge on any atom is -0.494 e. The Morgan fingerprint density at radius 1 is 0.654 bits per heavy atom. The Labute approximate surface area is 158 Å². The highest BCUT2D eigenvalue weighted by Crippen LogP contribution is 2.09. The maximum atomic E-state index is 8.36. The molecule has 26 heavy (non-hydrogen) atoms. The normalized spacial score (nSPS) is 10.3. The quantitative estimate of drug-likeness (QED) is 0.435. The summed E-state index contributed by atoms with van der Waals surface area (Å²) in [6, 6.07) is 10.0. The van der Waals surface area contributed by atoms with Crippen molar-refractivity contribution in [3.8, 4) is 5.75 Å². The predicted molar refractivity (Wildman–Crippen MR) is 103 cm³/mol. The fourth-order valence-electron chi connectivity index (χ4n) is 1.91. The molecule has 0 unspecified atom stereocenters. The molecular formula is C20H36O6. The smallest absolute Gasteiger partial charge is 0.119 e. The van der Waals surface area contributed by atoms with Crippen molar-refractivity contribution in [3.05, 3.63) is 30.3 Å². The highest BCUT2D eigenvalue weighted by Gasteiger charge is 1.91. The molecule has 0 aromatic heterocycles. The number of para-hydroxylation sites is 1. The summed E-state index contributed by atoms with van der Waals surface area (Å²) in [5, 5.41) is 16.7. The van der Waals surface area contributed by atoms with Gasteiger partial charge in [0.05, 0.1) is 59.5 Å². The van der Waals surface area contributed by atoms with Crippen LogP contribution in [-0.4, -0.2) is 69.7 Å². The Morgan fingerprint density at radius 3 is 1.69 bits per heavy atom. The molecule has 6 nitrogen and oxygen atoms in total. The first kappa shape index (κ1) is 24.8. The summed E-state index contributed by atoms with van der Waals surface area (Å²) in [7, 11) is 0. The molecule has 0 spiro atoms. The number of unbranched alkanes of at least 4 members (excludes halogenated alkanes) is 3. The van der Waals surface area contributed by atoms with Crippen LogP contribution in [0.1, 0.15) is 32.6 Å². The number of rotatable bonds is 16. The van der Waals surface area contributed by atoms with Gasteiger partial charge in [-0.15, -0.1) is 0 Å². The van der Waals surface area contributed by atoms with Gasteiger partial charge in [0.15, 0.2) is 0 Å². The van der Waals surface area contributed by atoms with Crippen molar-refractivity contribution >= 4 is 0 Å². The van der Waals surface area contributed by atoms with Crippen LogP contribution in [0, 0.1) is 0 Å². The lowest BCUT2D eigenvalue weighted by atomic mass is 10.2. The number of hydrogen-bond acceptors (Lipinski definition) is 6. The van der Waals surface area contributed by atoms with Gasteiger partial charge in [-0.05, 0) is 18.6 Å². The Hall–Kier alpha value is -1.18. The van der Waals surface area contributed by atoms with Gasteiger partial charge in [-0.25, -0.2) is 0 Å². The lowest BCUT2D eigenvalue weighted by molar-refractivity contribution is 0.00230. The number of aliphatic hydroxyl groups excluding tert-OH is 2. The van der Waals surface area contributed by atoms with E-state index < -0.39 is 0 Å². The molecule has 0 fully saturated rings. The molecular weight excluding hydrogens is 336 g/mol. The number of benzene rings is 1. The molecule has 1 aromatic rings. The SMILES string of the molecule is CCCCCCOc1ccccc1.OCCOCCOCCOCCO. The Balaban J connectivity index is 0.000000481.